The average molecular weight is 345 g/mol. The Bertz CT molecular complexity index is 489. The minimum absolute atomic E-state index is 0.0114. The summed E-state index contributed by atoms with van der Waals surface area (Å²) in [4.78, 5) is 26.6. The van der Waals surface area contributed by atoms with Crippen LogP contribution in [0.4, 0.5) is 0 Å². The van der Waals surface area contributed by atoms with E-state index in [9.17, 15) is 9.59 Å². The van der Waals surface area contributed by atoms with Crippen LogP contribution < -0.4 is 5.32 Å². The lowest BCUT2D eigenvalue weighted by molar-refractivity contribution is -0.141. The van der Waals surface area contributed by atoms with E-state index in [1.807, 2.05) is 26.0 Å². The molecule has 0 radical (unpaired) electrons. The van der Waals surface area contributed by atoms with Gasteiger partial charge in [-0.15, -0.1) is 11.3 Å². The number of likely N-dealkylation sites (tertiary alicyclic amines) is 1. The number of hydrogen-bond acceptors (Lipinski definition) is 4. The molecule has 1 N–H and O–H groups in total. The van der Waals surface area contributed by atoms with Crippen molar-refractivity contribution in [3.8, 4) is 0 Å². The molecule has 104 valence electrons. The number of hydrogen-bond donors (Lipinski definition) is 1. The summed E-state index contributed by atoms with van der Waals surface area (Å²) in [5.74, 6) is -0.154. The van der Waals surface area contributed by atoms with Gasteiger partial charge in [0, 0.05) is 17.5 Å². The number of halogens is 1. The van der Waals surface area contributed by atoms with Crippen molar-refractivity contribution in [2.75, 3.05) is 0 Å². The smallest absolute Gasteiger partial charge is 0.247 e. The molecule has 6 heteroatoms. The van der Waals surface area contributed by atoms with E-state index in [1.54, 1.807) is 11.3 Å². The molecule has 1 aromatic heterocycles. The Kier molecular flexibility index (Phi) is 4.76. The zero-order valence-electron chi connectivity index (χ0n) is 11.0. The second kappa shape index (κ2) is 6.15. The molecule has 1 aliphatic rings. The van der Waals surface area contributed by atoms with E-state index >= 15 is 0 Å². The summed E-state index contributed by atoms with van der Waals surface area (Å²) in [6, 6.07) is 3.61. The molecular weight excluding hydrogens is 328 g/mol. The fourth-order valence-electron chi connectivity index (χ4n) is 2.13. The fraction of sp³-hybridized carbons (Fsp3) is 0.538. The second-order valence-electron chi connectivity index (χ2n) is 4.70. The minimum Gasteiger partial charge on any atom is -0.300 e. The van der Waals surface area contributed by atoms with Gasteiger partial charge in [-0.1, -0.05) is 6.92 Å². The first-order chi connectivity index (χ1) is 9.02. The van der Waals surface area contributed by atoms with Crippen LogP contribution in [0.5, 0.6) is 0 Å². The van der Waals surface area contributed by atoms with Crippen molar-refractivity contribution in [3.63, 3.8) is 0 Å². The van der Waals surface area contributed by atoms with E-state index in [2.05, 4.69) is 21.2 Å². The molecule has 0 bridgehead atoms. The van der Waals surface area contributed by atoms with Crippen LogP contribution in [0.3, 0.4) is 0 Å². The van der Waals surface area contributed by atoms with Crippen LogP contribution in [0, 0.1) is 0 Å². The Morgan fingerprint density at radius 1 is 1.53 bits per heavy atom. The van der Waals surface area contributed by atoms with Crippen LogP contribution in [-0.2, 0) is 16.1 Å². The number of nitrogens with one attached hydrogen (secondary N) is 1. The molecule has 1 fully saturated rings. The van der Waals surface area contributed by atoms with Crippen LogP contribution in [-0.4, -0.2) is 28.8 Å². The molecule has 1 aliphatic heterocycles. The molecule has 1 saturated heterocycles. The van der Waals surface area contributed by atoms with E-state index < -0.39 is 0 Å². The highest BCUT2D eigenvalue weighted by Gasteiger charge is 2.40. The van der Waals surface area contributed by atoms with Crippen molar-refractivity contribution in [3.05, 3.63) is 20.8 Å². The summed E-state index contributed by atoms with van der Waals surface area (Å²) in [7, 11) is 0. The van der Waals surface area contributed by atoms with Crippen molar-refractivity contribution in [2.24, 2.45) is 0 Å². The third-order valence-electron chi connectivity index (χ3n) is 3.37. The topological polar surface area (TPSA) is 49.4 Å². The largest absolute Gasteiger partial charge is 0.300 e. The van der Waals surface area contributed by atoms with Gasteiger partial charge < -0.3 is 5.32 Å². The van der Waals surface area contributed by atoms with Crippen molar-refractivity contribution in [1.29, 1.82) is 0 Å². The van der Waals surface area contributed by atoms with Gasteiger partial charge in [0.25, 0.3) is 0 Å². The van der Waals surface area contributed by atoms with E-state index in [-0.39, 0.29) is 30.3 Å². The van der Waals surface area contributed by atoms with Crippen molar-refractivity contribution < 1.29 is 9.59 Å². The maximum Gasteiger partial charge on any atom is 0.247 e. The minimum atomic E-state index is -0.373. The maximum absolute atomic E-state index is 12.2. The number of amides is 2. The molecule has 2 atom stereocenters. The molecule has 4 nitrogen and oxygen atoms in total. The highest BCUT2D eigenvalue weighted by atomic mass is 79.9. The highest BCUT2D eigenvalue weighted by molar-refractivity contribution is 9.11. The molecule has 2 heterocycles. The van der Waals surface area contributed by atoms with Crippen LogP contribution in [0.15, 0.2) is 15.9 Å². The first-order valence-corrected chi connectivity index (χ1v) is 7.97. The van der Waals surface area contributed by atoms with Crippen LogP contribution in [0.2, 0.25) is 0 Å². The van der Waals surface area contributed by atoms with Gasteiger partial charge in [0.1, 0.15) is 0 Å². The third-order valence-corrected chi connectivity index (χ3v) is 4.99. The predicted molar refractivity (Wildman–Crippen MR) is 78.9 cm³/mol. The van der Waals surface area contributed by atoms with Gasteiger partial charge in [-0.05, 0) is 41.4 Å². The quantitative estimate of drug-likeness (QED) is 0.835. The van der Waals surface area contributed by atoms with Gasteiger partial charge in [0.15, 0.2) is 0 Å². The molecule has 2 unspecified atom stereocenters. The molecule has 1 aromatic rings. The van der Waals surface area contributed by atoms with Gasteiger partial charge in [-0.3, -0.25) is 14.5 Å². The van der Waals surface area contributed by atoms with Gasteiger partial charge >= 0.3 is 0 Å². The van der Waals surface area contributed by atoms with E-state index in [0.29, 0.717) is 6.54 Å². The summed E-state index contributed by atoms with van der Waals surface area (Å²) < 4.78 is 1.07. The number of carbonyl (C=O) groups is 2. The molecule has 2 amide bonds. The van der Waals surface area contributed by atoms with E-state index in [4.69, 9.17) is 0 Å². The van der Waals surface area contributed by atoms with Gasteiger partial charge in [0.05, 0.1) is 16.2 Å². The van der Waals surface area contributed by atoms with E-state index in [0.717, 1.165) is 15.1 Å². The molecule has 0 saturated carbocycles. The van der Waals surface area contributed by atoms with Crippen molar-refractivity contribution in [2.45, 2.75) is 45.3 Å². The van der Waals surface area contributed by atoms with Gasteiger partial charge in [-0.25, -0.2) is 0 Å². The zero-order chi connectivity index (χ0) is 14.0. The molecule has 0 spiro atoms. The van der Waals surface area contributed by atoms with Crippen molar-refractivity contribution >= 4 is 39.1 Å². The second-order valence-corrected chi connectivity index (χ2v) is 7.25. The molecular formula is C13H17BrN2O2S. The van der Waals surface area contributed by atoms with E-state index in [1.165, 1.54) is 4.90 Å². The number of nitrogens with zero attached hydrogens (tertiary/aromatic N) is 1. The first kappa shape index (κ1) is 14.7. The lowest BCUT2D eigenvalue weighted by Gasteiger charge is -2.21. The first-order valence-electron chi connectivity index (χ1n) is 6.36. The SMILES string of the molecule is CCC(C)N1C(=O)CC(NCc2ccc(Br)s2)C1=O. The standard InChI is InChI=1S/C13H17BrN2O2S/c1-3-8(2)16-12(17)6-10(13(16)18)15-7-9-4-5-11(14)19-9/h4-5,8,10,15H,3,6-7H2,1-2H3. The Labute approximate surface area is 125 Å². The van der Waals surface area contributed by atoms with Crippen molar-refractivity contribution in [1.82, 2.24) is 10.2 Å². The van der Waals surface area contributed by atoms with Crippen LogP contribution >= 0.6 is 27.3 Å². The Hall–Kier alpha value is -0.720. The number of thiophene rings is 1. The zero-order valence-corrected chi connectivity index (χ0v) is 13.4. The van der Waals surface area contributed by atoms with Gasteiger partial charge in [0.2, 0.25) is 11.8 Å². The van der Waals surface area contributed by atoms with Gasteiger partial charge in [-0.2, -0.15) is 0 Å². The summed E-state index contributed by atoms with van der Waals surface area (Å²) >= 11 is 5.04. The monoisotopic (exact) mass is 344 g/mol. The molecule has 2 rings (SSSR count). The Morgan fingerprint density at radius 2 is 2.26 bits per heavy atom. The van der Waals surface area contributed by atoms with Crippen LogP contribution in [0.25, 0.3) is 0 Å². The number of carbonyl (C=O) groups excluding carboxylic acids is 2. The lowest BCUT2D eigenvalue weighted by atomic mass is 10.2. The summed E-state index contributed by atoms with van der Waals surface area (Å²) in [6.07, 6.45) is 1.07. The third kappa shape index (κ3) is 3.24. The number of rotatable bonds is 5. The summed E-state index contributed by atoms with van der Waals surface area (Å²) in [6.45, 7) is 4.51. The maximum atomic E-state index is 12.2. The molecule has 0 aromatic carbocycles. The summed E-state index contributed by atoms with van der Waals surface area (Å²) in [5.41, 5.74) is 0. The molecule has 19 heavy (non-hydrogen) atoms. The van der Waals surface area contributed by atoms with Crippen LogP contribution in [0.1, 0.15) is 31.6 Å². The number of imide groups is 1. The summed E-state index contributed by atoms with van der Waals surface area (Å²) in [5, 5.41) is 3.18. The Balaban J connectivity index is 1.95. The fourth-order valence-corrected chi connectivity index (χ4v) is 3.56. The average Bonchev–Trinajstić information content (AvgIpc) is 2.90. The predicted octanol–water partition coefficient (Wildman–Crippen LogP) is 2.53. The lowest BCUT2D eigenvalue weighted by Crippen LogP contribution is -2.42. The molecule has 0 aliphatic carbocycles. The Morgan fingerprint density at radius 3 is 2.84 bits per heavy atom. The normalized spacial score (nSPS) is 21.2. The highest BCUT2D eigenvalue weighted by Crippen LogP contribution is 2.23.